The summed E-state index contributed by atoms with van der Waals surface area (Å²) in [4.78, 5) is 21.9. The Morgan fingerprint density at radius 1 is 1.21 bits per heavy atom. The van der Waals surface area contributed by atoms with Gasteiger partial charge in [-0.2, -0.15) is 4.98 Å². The van der Waals surface area contributed by atoms with E-state index < -0.39 is 5.97 Å². The molecule has 0 spiro atoms. The molecule has 24 heavy (non-hydrogen) atoms. The van der Waals surface area contributed by atoms with Crippen LogP contribution in [0.15, 0.2) is 30.5 Å². The molecule has 3 rings (SSSR count). The Balaban J connectivity index is 1.68. The molecule has 2 heterocycles. The third-order valence-electron chi connectivity index (χ3n) is 4.03. The number of nitrogens with zero attached hydrogens (tertiary/aromatic N) is 3. The fourth-order valence-electron chi connectivity index (χ4n) is 2.68. The van der Waals surface area contributed by atoms with E-state index in [1.807, 2.05) is 0 Å². The molecule has 126 valence electrons. The summed E-state index contributed by atoms with van der Waals surface area (Å²) in [6.07, 6.45) is 5.19. The van der Waals surface area contributed by atoms with Gasteiger partial charge in [0.1, 0.15) is 5.02 Å². The number of hydrogen-bond donors (Lipinski definition) is 2. The number of piperidine rings is 1. The highest BCUT2D eigenvalue weighted by Gasteiger charge is 2.15. The second-order valence-corrected chi connectivity index (χ2v) is 6.18. The number of carboxylic acids is 1. The summed E-state index contributed by atoms with van der Waals surface area (Å²) in [7, 11) is 0. The molecule has 1 saturated heterocycles. The first-order chi connectivity index (χ1) is 11.6. The van der Waals surface area contributed by atoms with Crippen molar-refractivity contribution in [3.63, 3.8) is 0 Å². The van der Waals surface area contributed by atoms with E-state index in [2.05, 4.69) is 20.2 Å². The Labute approximate surface area is 145 Å². The number of aromatic carboxylic acids is 1. The molecule has 6 nitrogen and oxygen atoms in total. The lowest BCUT2D eigenvalue weighted by Crippen LogP contribution is -2.31. The summed E-state index contributed by atoms with van der Waals surface area (Å²) in [5.41, 5.74) is 1.22. The topological polar surface area (TPSA) is 78.3 Å². The third-order valence-corrected chi connectivity index (χ3v) is 4.31. The van der Waals surface area contributed by atoms with Gasteiger partial charge in [0.15, 0.2) is 5.82 Å². The standard InChI is InChI=1S/C17H19ClN4O2/c18-14-11-20-17(22-8-2-1-3-9-22)21-15(14)19-10-12-4-6-13(7-5-12)16(23)24/h4-7,11H,1-3,8-10H2,(H,23,24)(H,19,20,21). The fraction of sp³-hybridized carbons (Fsp3) is 0.353. The van der Waals surface area contributed by atoms with Crippen molar-refractivity contribution >= 4 is 29.3 Å². The minimum atomic E-state index is -0.931. The zero-order valence-corrected chi connectivity index (χ0v) is 14.0. The zero-order valence-electron chi connectivity index (χ0n) is 13.2. The van der Waals surface area contributed by atoms with E-state index >= 15 is 0 Å². The maximum Gasteiger partial charge on any atom is 0.335 e. The van der Waals surface area contributed by atoms with Crippen molar-refractivity contribution < 1.29 is 9.90 Å². The van der Waals surface area contributed by atoms with Crippen LogP contribution in [0.3, 0.4) is 0 Å². The van der Waals surface area contributed by atoms with Crippen LogP contribution in [0.5, 0.6) is 0 Å². The van der Waals surface area contributed by atoms with E-state index in [1.54, 1.807) is 30.5 Å². The number of benzene rings is 1. The molecule has 0 bridgehead atoms. The zero-order chi connectivity index (χ0) is 16.9. The lowest BCUT2D eigenvalue weighted by atomic mass is 10.1. The van der Waals surface area contributed by atoms with Crippen molar-refractivity contribution in [1.29, 1.82) is 0 Å². The van der Waals surface area contributed by atoms with Crippen LogP contribution >= 0.6 is 11.6 Å². The van der Waals surface area contributed by atoms with Crippen LogP contribution in [0, 0.1) is 0 Å². The Hall–Kier alpha value is -2.34. The van der Waals surface area contributed by atoms with Gasteiger partial charge in [0, 0.05) is 19.6 Å². The van der Waals surface area contributed by atoms with Crippen LogP contribution in [0.4, 0.5) is 11.8 Å². The number of carboxylic acid groups (broad SMARTS) is 1. The fourth-order valence-corrected chi connectivity index (χ4v) is 2.84. The van der Waals surface area contributed by atoms with Gasteiger partial charge in [0.2, 0.25) is 5.95 Å². The Morgan fingerprint density at radius 2 is 1.92 bits per heavy atom. The van der Waals surface area contributed by atoms with E-state index in [9.17, 15) is 4.79 Å². The summed E-state index contributed by atoms with van der Waals surface area (Å²) in [5, 5.41) is 12.6. The van der Waals surface area contributed by atoms with Gasteiger partial charge in [-0.1, -0.05) is 23.7 Å². The smallest absolute Gasteiger partial charge is 0.335 e. The molecule has 1 aromatic heterocycles. The molecular weight excluding hydrogens is 328 g/mol. The normalized spacial score (nSPS) is 14.5. The summed E-state index contributed by atoms with van der Waals surface area (Å²) in [6, 6.07) is 6.72. The van der Waals surface area contributed by atoms with Gasteiger partial charge in [0.05, 0.1) is 11.8 Å². The molecule has 0 amide bonds. The Kier molecular flexibility index (Phi) is 5.15. The first kappa shape index (κ1) is 16.5. The predicted molar refractivity (Wildman–Crippen MR) is 93.8 cm³/mol. The van der Waals surface area contributed by atoms with Gasteiger partial charge in [-0.3, -0.25) is 0 Å². The quantitative estimate of drug-likeness (QED) is 0.863. The van der Waals surface area contributed by atoms with E-state index in [0.29, 0.717) is 23.3 Å². The maximum atomic E-state index is 10.9. The van der Waals surface area contributed by atoms with Crippen molar-refractivity contribution in [1.82, 2.24) is 9.97 Å². The summed E-state index contributed by atoms with van der Waals surface area (Å²) in [6.45, 7) is 2.45. The summed E-state index contributed by atoms with van der Waals surface area (Å²) >= 11 is 6.18. The Bertz CT molecular complexity index is 715. The van der Waals surface area contributed by atoms with Crippen molar-refractivity contribution in [2.45, 2.75) is 25.8 Å². The van der Waals surface area contributed by atoms with Crippen molar-refractivity contribution in [2.75, 3.05) is 23.3 Å². The lowest BCUT2D eigenvalue weighted by molar-refractivity contribution is 0.0697. The monoisotopic (exact) mass is 346 g/mol. The number of carbonyl (C=O) groups is 1. The van der Waals surface area contributed by atoms with Gasteiger partial charge in [-0.05, 0) is 37.0 Å². The number of rotatable bonds is 5. The largest absolute Gasteiger partial charge is 0.478 e. The Morgan fingerprint density at radius 3 is 2.58 bits per heavy atom. The molecule has 0 unspecified atom stereocenters. The van der Waals surface area contributed by atoms with Crippen LogP contribution in [-0.2, 0) is 6.54 Å². The highest BCUT2D eigenvalue weighted by molar-refractivity contribution is 6.32. The maximum absolute atomic E-state index is 10.9. The second-order valence-electron chi connectivity index (χ2n) is 5.77. The average molecular weight is 347 g/mol. The lowest BCUT2D eigenvalue weighted by Gasteiger charge is -2.26. The molecule has 0 aliphatic carbocycles. The van der Waals surface area contributed by atoms with E-state index in [-0.39, 0.29) is 5.56 Å². The number of aromatic nitrogens is 2. The molecule has 2 aromatic rings. The van der Waals surface area contributed by atoms with Gasteiger partial charge >= 0.3 is 5.97 Å². The third kappa shape index (κ3) is 3.94. The first-order valence-electron chi connectivity index (χ1n) is 7.97. The van der Waals surface area contributed by atoms with Gasteiger partial charge < -0.3 is 15.3 Å². The summed E-state index contributed by atoms with van der Waals surface area (Å²) < 4.78 is 0. The van der Waals surface area contributed by atoms with E-state index in [4.69, 9.17) is 16.7 Å². The van der Waals surface area contributed by atoms with Crippen LogP contribution in [-0.4, -0.2) is 34.1 Å². The average Bonchev–Trinajstić information content (AvgIpc) is 2.62. The predicted octanol–water partition coefficient (Wildman–Crippen LogP) is 3.43. The van der Waals surface area contributed by atoms with Crippen molar-refractivity contribution in [2.24, 2.45) is 0 Å². The highest BCUT2D eigenvalue weighted by atomic mass is 35.5. The first-order valence-corrected chi connectivity index (χ1v) is 8.35. The van der Waals surface area contributed by atoms with E-state index in [1.165, 1.54) is 6.42 Å². The minimum absolute atomic E-state index is 0.270. The molecule has 7 heteroatoms. The minimum Gasteiger partial charge on any atom is -0.478 e. The SMILES string of the molecule is O=C(O)c1ccc(CNc2nc(N3CCCCC3)ncc2Cl)cc1. The number of anilines is 2. The molecule has 1 fully saturated rings. The van der Waals surface area contributed by atoms with Crippen LogP contribution in [0.2, 0.25) is 5.02 Å². The molecule has 0 saturated carbocycles. The molecule has 1 aliphatic heterocycles. The van der Waals surface area contributed by atoms with Crippen molar-refractivity contribution in [3.8, 4) is 0 Å². The van der Waals surface area contributed by atoms with Crippen LogP contribution in [0.1, 0.15) is 35.2 Å². The number of nitrogens with one attached hydrogen (secondary N) is 1. The second kappa shape index (κ2) is 7.49. The van der Waals surface area contributed by atoms with Crippen LogP contribution in [0.25, 0.3) is 0 Å². The molecule has 0 radical (unpaired) electrons. The molecule has 0 atom stereocenters. The molecule has 2 N–H and O–H groups in total. The summed E-state index contributed by atoms with van der Waals surface area (Å²) in [5.74, 6) is 0.358. The number of hydrogen-bond acceptors (Lipinski definition) is 5. The number of halogens is 1. The van der Waals surface area contributed by atoms with Gasteiger partial charge in [-0.15, -0.1) is 0 Å². The molecular formula is C17H19ClN4O2. The molecule has 1 aromatic carbocycles. The van der Waals surface area contributed by atoms with Crippen LogP contribution < -0.4 is 10.2 Å². The van der Waals surface area contributed by atoms with Gasteiger partial charge in [-0.25, -0.2) is 9.78 Å². The van der Waals surface area contributed by atoms with E-state index in [0.717, 1.165) is 31.5 Å². The highest BCUT2D eigenvalue weighted by Crippen LogP contribution is 2.23. The molecule has 1 aliphatic rings. The van der Waals surface area contributed by atoms with Gasteiger partial charge in [0.25, 0.3) is 0 Å². The van der Waals surface area contributed by atoms with Crippen molar-refractivity contribution in [3.05, 3.63) is 46.6 Å².